The third-order valence-corrected chi connectivity index (χ3v) is 4.20. The zero-order valence-electron chi connectivity index (χ0n) is 10.8. The zero-order chi connectivity index (χ0) is 13.5. The number of nitriles is 1. The molecule has 1 aromatic rings. The Balaban J connectivity index is 2.19. The number of fused-ring (bicyclic) bond motifs is 2. The predicted octanol–water partition coefficient (Wildman–Crippen LogP) is 1.53. The van der Waals surface area contributed by atoms with Gasteiger partial charge in [-0.3, -0.25) is 10.5 Å². The van der Waals surface area contributed by atoms with E-state index in [4.69, 9.17) is 14.9 Å². The highest BCUT2D eigenvalue weighted by molar-refractivity contribution is 5.85. The molecule has 1 unspecified atom stereocenters. The minimum atomic E-state index is -0.549. The van der Waals surface area contributed by atoms with E-state index >= 15 is 0 Å². The van der Waals surface area contributed by atoms with Gasteiger partial charge >= 0.3 is 0 Å². The van der Waals surface area contributed by atoms with Crippen molar-refractivity contribution in [2.45, 2.75) is 31.6 Å². The third-order valence-electron chi connectivity index (χ3n) is 4.20. The number of nitrogens with zero attached hydrogens (tertiary/aromatic N) is 2. The van der Waals surface area contributed by atoms with Gasteiger partial charge in [-0.25, -0.2) is 0 Å². The molecule has 1 aromatic heterocycles. The minimum Gasteiger partial charge on any atom is -0.422 e. The standard InChI is InChI=1S/C13H16N4O2/c1-2-9-10-12(17-16-9)19-11(15)8(7-14)13(10)3-5-18-6-4-13/h8,15H,2-6H2,1H3,(H,16,17). The molecule has 0 amide bonds. The Morgan fingerprint density at radius 3 is 2.89 bits per heavy atom. The van der Waals surface area contributed by atoms with Crippen molar-refractivity contribution >= 4 is 5.90 Å². The molecule has 1 spiro atoms. The summed E-state index contributed by atoms with van der Waals surface area (Å²) in [5, 5.41) is 24.6. The van der Waals surface area contributed by atoms with Crippen LogP contribution in [0.1, 0.15) is 31.0 Å². The van der Waals surface area contributed by atoms with Crippen molar-refractivity contribution in [2.75, 3.05) is 13.2 Å². The summed E-state index contributed by atoms with van der Waals surface area (Å²) in [7, 11) is 0. The van der Waals surface area contributed by atoms with Gasteiger partial charge < -0.3 is 9.47 Å². The van der Waals surface area contributed by atoms with Crippen LogP contribution in [-0.2, 0) is 16.6 Å². The summed E-state index contributed by atoms with van der Waals surface area (Å²) < 4.78 is 10.9. The van der Waals surface area contributed by atoms with Gasteiger partial charge in [-0.1, -0.05) is 6.92 Å². The van der Waals surface area contributed by atoms with Crippen LogP contribution in [0.3, 0.4) is 0 Å². The lowest BCUT2D eigenvalue weighted by atomic mass is 9.64. The fraction of sp³-hybridized carbons (Fsp3) is 0.615. The van der Waals surface area contributed by atoms with Gasteiger partial charge in [0, 0.05) is 29.9 Å². The maximum absolute atomic E-state index is 9.46. The maximum atomic E-state index is 9.46. The van der Waals surface area contributed by atoms with Gasteiger partial charge in [-0.05, 0) is 19.3 Å². The van der Waals surface area contributed by atoms with E-state index in [1.165, 1.54) is 0 Å². The Hall–Kier alpha value is -1.87. The SMILES string of the molecule is CCc1[nH]nc2c1C1(CCOCC1)C(C#N)C(=N)O2. The van der Waals surface area contributed by atoms with Crippen LogP contribution in [0.5, 0.6) is 5.88 Å². The molecule has 0 aromatic carbocycles. The predicted molar refractivity (Wildman–Crippen MR) is 67.2 cm³/mol. The summed E-state index contributed by atoms with van der Waals surface area (Å²) in [5.41, 5.74) is 1.61. The lowest BCUT2D eigenvalue weighted by Crippen LogP contribution is -2.48. The number of hydrogen-bond donors (Lipinski definition) is 2. The summed E-state index contributed by atoms with van der Waals surface area (Å²) in [4.78, 5) is 0. The normalized spacial score (nSPS) is 24.6. The molecule has 0 radical (unpaired) electrons. The molecule has 1 fully saturated rings. The molecule has 3 heterocycles. The number of H-pyrrole nitrogens is 1. The quantitative estimate of drug-likeness (QED) is 0.800. The second-order valence-electron chi connectivity index (χ2n) is 5.03. The van der Waals surface area contributed by atoms with Crippen LogP contribution < -0.4 is 4.74 Å². The van der Waals surface area contributed by atoms with Crippen molar-refractivity contribution in [2.24, 2.45) is 5.92 Å². The van der Waals surface area contributed by atoms with Crippen LogP contribution in [0.2, 0.25) is 0 Å². The molecule has 6 heteroatoms. The molecule has 3 rings (SSSR count). The van der Waals surface area contributed by atoms with Gasteiger partial charge in [0.2, 0.25) is 11.8 Å². The van der Waals surface area contributed by atoms with Crippen molar-refractivity contribution in [1.82, 2.24) is 10.2 Å². The first kappa shape index (κ1) is 12.2. The lowest BCUT2D eigenvalue weighted by molar-refractivity contribution is 0.0382. The Morgan fingerprint density at radius 1 is 1.53 bits per heavy atom. The topological polar surface area (TPSA) is 94.8 Å². The summed E-state index contributed by atoms with van der Waals surface area (Å²) in [5.74, 6) is -0.0758. The Morgan fingerprint density at radius 2 is 2.26 bits per heavy atom. The van der Waals surface area contributed by atoms with E-state index in [-0.39, 0.29) is 11.3 Å². The number of ether oxygens (including phenoxy) is 2. The average molecular weight is 260 g/mol. The van der Waals surface area contributed by atoms with E-state index in [1.807, 2.05) is 6.92 Å². The van der Waals surface area contributed by atoms with Crippen molar-refractivity contribution in [3.05, 3.63) is 11.3 Å². The number of nitrogens with one attached hydrogen (secondary N) is 2. The van der Waals surface area contributed by atoms with Crippen LogP contribution >= 0.6 is 0 Å². The van der Waals surface area contributed by atoms with E-state index in [0.29, 0.717) is 19.1 Å². The summed E-state index contributed by atoms with van der Waals surface area (Å²) >= 11 is 0. The van der Waals surface area contributed by atoms with Crippen LogP contribution in [-0.4, -0.2) is 29.3 Å². The molecule has 2 aliphatic heterocycles. The summed E-state index contributed by atoms with van der Waals surface area (Å²) in [6.45, 7) is 3.26. The molecule has 0 saturated carbocycles. The summed E-state index contributed by atoms with van der Waals surface area (Å²) in [6, 6.07) is 2.25. The number of hydrogen-bond acceptors (Lipinski definition) is 5. The molecule has 19 heavy (non-hydrogen) atoms. The van der Waals surface area contributed by atoms with Gasteiger partial charge in [0.25, 0.3) is 0 Å². The van der Waals surface area contributed by atoms with Gasteiger partial charge in [0.15, 0.2) is 0 Å². The highest BCUT2D eigenvalue weighted by Crippen LogP contribution is 2.49. The first-order chi connectivity index (χ1) is 9.23. The van der Waals surface area contributed by atoms with Crippen molar-refractivity contribution < 1.29 is 9.47 Å². The molecule has 6 nitrogen and oxygen atoms in total. The Kier molecular flexibility index (Phi) is 2.79. The molecule has 0 bridgehead atoms. The van der Waals surface area contributed by atoms with Gasteiger partial charge in [-0.2, -0.15) is 5.26 Å². The highest BCUT2D eigenvalue weighted by atomic mass is 16.5. The molecule has 2 N–H and O–H groups in total. The van der Waals surface area contributed by atoms with Crippen LogP contribution in [0.25, 0.3) is 0 Å². The molecular weight excluding hydrogens is 244 g/mol. The summed E-state index contributed by atoms with van der Waals surface area (Å²) in [6.07, 6.45) is 2.27. The van der Waals surface area contributed by atoms with Crippen molar-refractivity contribution in [3.8, 4) is 11.9 Å². The molecule has 1 saturated heterocycles. The van der Waals surface area contributed by atoms with Gasteiger partial charge in [0.1, 0.15) is 5.92 Å². The smallest absolute Gasteiger partial charge is 0.243 e. The molecular formula is C13H16N4O2. The van der Waals surface area contributed by atoms with Gasteiger partial charge in [-0.15, -0.1) is 5.10 Å². The molecule has 2 aliphatic rings. The monoisotopic (exact) mass is 260 g/mol. The highest BCUT2D eigenvalue weighted by Gasteiger charge is 2.52. The van der Waals surface area contributed by atoms with Crippen molar-refractivity contribution in [1.29, 1.82) is 10.7 Å². The van der Waals surface area contributed by atoms with E-state index in [2.05, 4.69) is 16.3 Å². The van der Waals surface area contributed by atoms with E-state index in [1.54, 1.807) is 0 Å². The third kappa shape index (κ3) is 1.58. The van der Waals surface area contributed by atoms with E-state index in [0.717, 1.165) is 30.5 Å². The number of aromatic nitrogens is 2. The average Bonchev–Trinajstić information content (AvgIpc) is 2.83. The number of rotatable bonds is 1. The molecule has 100 valence electrons. The minimum absolute atomic E-state index is 0.00560. The first-order valence-electron chi connectivity index (χ1n) is 6.54. The van der Waals surface area contributed by atoms with Crippen LogP contribution in [0.4, 0.5) is 0 Å². The number of aryl methyl sites for hydroxylation is 1. The van der Waals surface area contributed by atoms with E-state index in [9.17, 15) is 5.26 Å². The Labute approximate surface area is 111 Å². The largest absolute Gasteiger partial charge is 0.422 e. The van der Waals surface area contributed by atoms with Crippen LogP contribution in [0, 0.1) is 22.7 Å². The second-order valence-corrected chi connectivity index (χ2v) is 5.03. The van der Waals surface area contributed by atoms with Crippen LogP contribution in [0.15, 0.2) is 0 Å². The lowest BCUT2D eigenvalue weighted by Gasteiger charge is -2.43. The molecule has 0 aliphatic carbocycles. The fourth-order valence-electron chi connectivity index (χ4n) is 3.22. The van der Waals surface area contributed by atoms with E-state index < -0.39 is 5.92 Å². The second kappa shape index (κ2) is 4.35. The number of aromatic amines is 1. The molecule has 1 atom stereocenters. The van der Waals surface area contributed by atoms with Crippen molar-refractivity contribution in [3.63, 3.8) is 0 Å². The fourth-order valence-corrected chi connectivity index (χ4v) is 3.22. The zero-order valence-corrected chi connectivity index (χ0v) is 10.8. The first-order valence-corrected chi connectivity index (χ1v) is 6.54. The Bertz CT molecular complexity index is 551. The van der Waals surface area contributed by atoms with Gasteiger partial charge in [0.05, 0.1) is 6.07 Å². The maximum Gasteiger partial charge on any atom is 0.243 e.